The van der Waals surface area contributed by atoms with E-state index in [0.29, 0.717) is 37.2 Å². The van der Waals surface area contributed by atoms with Crippen molar-refractivity contribution >= 4 is 11.8 Å². The Morgan fingerprint density at radius 1 is 1.20 bits per heavy atom. The van der Waals surface area contributed by atoms with Crippen LogP contribution in [0.5, 0.6) is 0 Å². The van der Waals surface area contributed by atoms with E-state index in [0.717, 1.165) is 17.7 Å². The van der Waals surface area contributed by atoms with E-state index in [9.17, 15) is 14.0 Å². The summed E-state index contributed by atoms with van der Waals surface area (Å²) in [6.45, 7) is 2.24. The minimum absolute atomic E-state index is 0.0890. The molecular weight excluding hydrogens is 383 g/mol. The van der Waals surface area contributed by atoms with Crippen molar-refractivity contribution in [3.8, 4) is 0 Å². The first-order chi connectivity index (χ1) is 14.6. The van der Waals surface area contributed by atoms with Gasteiger partial charge < -0.3 is 10.2 Å². The van der Waals surface area contributed by atoms with Crippen LogP contribution in [0.4, 0.5) is 4.39 Å². The molecule has 1 saturated heterocycles. The van der Waals surface area contributed by atoms with Gasteiger partial charge >= 0.3 is 0 Å². The van der Waals surface area contributed by atoms with Crippen molar-refractivity contribution < 1.29 is 14.0 Å². The highest BCUT2D eigenvalue weighted by molar-refractivity contribution is 5.95. The van der Waals surface area contributed by atoms with Crippen molar-refractivity contribution in [1.29, 1.82) is 0 Å². The third kappa shape index (κ3) is 3.77. The van der Waals surface area contributed by atoms with Crippen LogP contribution in [0, 0.1) is 17.7 Å². The summed E-state index contributed by atoms with van der Waals surface area (Å²) in [7, 11) is 0. The van der Waals surface area contributed by atoms with Crippen molar-refractivity contribution in [3.63, 3.8) is 0 Å². The fourth-order valence-electron chi connectivity index (χ4n) is 4.10. The highest BCUT2D eigenvalue weighted by atomic mass is 19.1. The van der Waals surface area contributed by atoms with E-state index in [1.807, 2.05) is 18.2 Å². The normalized spacial score (nSPS) is 23.0. The molecule has 2 amide bonds. The van der Waals surface area contributed by atoms with Crippen LogP contribution in [0.2, 0.25) is 0 Å². The maximum absolute atomic E-state index is 14.4. The highest BCUT2D eigenvalue weighted by Crippen LogP contribution is 2.31. The Bertz CT molecular complexity index is 1020. The van der Waals surface area contributed by atoms with Gasteiger partial charge in [-0.15, -0.1) is 5.11 Å². The maximum atomic E-state index is 14.4. The summed E-state index contributed by atoms with van der Waals surface area (Å²) in [4.78, 5) is 26.5. The number of rotatable bonds is 6. The zero-order valence-corrected chi connectivity index (χ0v) is 16.6. The molecule has 2 fully saturated rings. The molecule has 4 aliphatic rings. The molecule has 6 nitrogen and oxygen atoms in total. The molecule has 1 unspecified atom stereocenters. The number of amides is 2. The molecule has 2 heterocycles. The van der Waals surface area contributed by atoms with E-state index < -0.39 is 11.7 Å². The van der Waals surface area contributed by atoms with Crippen LogP contribution in [-0.2, 0) is 11.2 Å². The SMILES string of the molecule is O=C1N=NC(Cc2ccc(F)c(C(=O)N3CC(CNC4CC4)C3)c2)=C2C=CC=CC12. The molecule has 2 aliphatic heterocycles. The van der Waals surface area contributed by atoms with Gasteiger partial charge in [0.2, 0.25) is 0 Å². The highest BCUT2D eigenvalue weighted by Gasteiger charge is 2.34. The van der Waals surface area contributed by atoms with Crippen LogP contribution in [0.1, 0.15) is 28.8 Å². The molecule has 2 aliphatic carbocycles. The van der Waals surface area contributed by atoms with Gasteiger partial charge in [-0.2, -0.15) is 5.11 Å². The Morgan fingerprint density at radius 3 is 2.83 bits per heavy atom. The standard InChI is InChI=1S/C23H23FN4O2/c24-20-8-5-14(10-21-17-3-1-2-4-18(17)22(29)27-26-21)9-19(20)23(30)28-12-15(13-28)11-25-16-6-7-16/h1-5,8-9,15-16,18,25H,6-7,10-13H2. The van der Waals surface area contributed by atoms with Gasteiger partial charge in [0.1, 0.15) is 5.82 Å². The molecule has 5 rings (SSSR count). The third-order valence-electron chi connectivity index (χ3n) is 6.04. The van der Waals surface area contributed by atoms with Crippen molar-refractivity contribution in [1.82, 2.24) is 10.2 Å². The van der Waals surface area contributed by atoms with Crippen LogP contribution in [0.3, 0.4) is 0 Å². The van der Waals surface area contributed by atoms with Crippen LogP contribution in [-0.4, -0.2) is 42.4 Å². The van der Waals surface area contributed by atoms with E-state index in [1.165, 1.54) is 18.9 Å². The summed E-state index contributed by atoms with van der Waals surface area (Å²) < 4.78 is 14.4. The molecule has 0 aromatic heterocycles. The van der Waals surface area contributed by atoms with Gasteiger partial charge in [-0.1, -0.05) is 30.4 Å². The summed E-state index contributed by atoms with van der Waals surface area (Å²) in [6, 6.07) is 5.24. The third-order valence-corrected chi connectivity index (χ3v) is 6.04. The van der Waals surface area contributed by atoms with Crippen LogP contribution in [0.25, 0.3) is 0 Å². The van der Waals surface area contributed by atoms with Gasteiger partial charge in [-0.3, -0.25) is 9.59 Å². The Hall–Kier alpha value is -2.93. The van der Waals surface area contributed by atoms with Gasteiger partial charge in [-0.25, -0.2) is 4.39 Å². The first-order valence-corrected chi connectivity index (χ1v) is 10.4. The molecule has 30 heavy (non-hydrogen) atoms. The molecule has 154 valence electrons. The van der Waals surface area contributed by atoms with Crippen molar-refractivity contribution in [3.05, 3.63) is 70.7 Å². The number of allylic oxidation sites excluding steroid dienone is 4. The molecular formula is C23H23FN4O2. The summed E-state index contributed by atoms with van der Waals surface area (Å²) in [5.74, 6) is -1.04. The number of hydrogen-bond acceptors (Lipinski definition) is 4. The van der Waals surface area contributed by atoms with Gasteiger partial charge in [0, 0.05) is 38.0 Å². The Balaban J connectivity index is 1.29. The number of benzene rings is 1. The molecule has 0 radical (unpaired) electrons. The zero-order chi connectivity index (χ0) is 20.7. The van der Waals surface area contributed by atoms with E-state index in [-0.39, 0.29) is 17.4 Å². The molecule has 0 bridgehead atoms. The lowest BCUT2D eigenvalue weighted by atomic mass is 9.89. The van der Waals surface area contributed by atoms with Crippen LogP contribution >= 0.6 is 0 Å². The molecule has 0 spiro atoms. The fourth-order valence-corrected chi connectivity index (χ4v) is 4.10. The average molecular weight is 406 g/mol. The first kappa shape index (κ1) is 19.1. The topological polar surface area (TPSA) is 74.1 Å². The summed E-state index contributed by atoms with van der Waals surface area (Å²) in [5, 5.41) is 11.3. The number of likely N-dealkylation sites (tertiary alicyclic amines) is 1. The predicted molar refractivity (Wildman–Crippen MR) is 109 cm³/mol. The van der Waals surface area contributed by atoms with E-state index in [4.69, 9.17) is 0 Å². The molecule has 1 saturated carbocycles. The first-order valence-electron chi connectivity index (χ1n) is 10.4. The van der Waals surface area contributed by atoms with Gasteiger partial charge in [-0.05, 0) is 36.1 Å². The minimum atomic E-state index is -0.514. The Morgan fingerprint density at radius 2 is 2.03 bits per heavy atom. The van der Waals surface area contributed by atoms with Crippen molar-refractivity contribution in [2.24, 2.45) is 22.1 Å². The van der Waals surface area contributed by atoms with Gasteiger partial charge in [0.15, 0.2) is 0 Å². The molecule has 1 N–H and O–H groups in total. The smallest absolute Gasteiger partial charge is 0.275 e. The number of nitrogens with one attached hydrogen (secondary N) is 1. The van der Waals surface area contributed by atoms with E-state index in [1.54, 1.807) is 23.1 Å². The second-order valence-electron chi connectivity index (χ2n) is 8.41. The second kappa shape index (κ2) is 7.72. The maximum Gasteiger partial charge on any atom is 0.275 e. The monoisotopic (exact) mass is 406 g/mol. The fraction of sp³-hybridized carbons (Fsp3) is 0.391. The number of nitrogens with zero attached hydrogens (tertiary/aromatic N) is 3. The lowest BCUT2D eigenvalue weighted by molar-refractivity contribution is -0.120. The van der Waals surface area contributed by atoms with E-state index >= 15 is 0 Å². The van der Waals surface area contributed by atoms with E-state index in [2.05, 4.69) is 15.5 Å². The molecule has 1 atom stereocenters. The lowest BCUT2D eigenvalue weighted by Crippen LogP contribution is -2.53. The number of halogens is 1. The van der Waals surface area contributed by atoms with Gasteiger partial charge in [0.05, 0.1) is 17.2 Å². The van der Waals surface area contributed by atoms with Crippen LogP contribution in [0.15, 0.2) is 64.0 Å². The molecule has 7 heteroatoms. The largest absolute Gasteiger partial charge is 0.338 e. The van der Waals surface area contributed by atoms with Crippen molar-refractivity contribution in [2.45, 2.75) is 25.3 Å². The molecule has 1 aromatic rings. The minimum Gasteiger partial charge on any atom is -0.338 e. The summed E-state index contributed by atoms with van der Waals surface area (Å²) >= 11 is 0. The lowest BCUT2D eigenvalue weighted by Gasteiger charge is -2.39. The van der Waals surface area contributed by atoms with Gasteiger partial charge in [0.25, 0.3) is 11.8 Å². The predicted octanol–water partition coefficient (Wildman–Crippen LogP) is 3.18. The number of carbonyl (C=O) groups excluding carboxylic acids is 2. The Labute approximate surface area is 174 Å². The van der Waals surface area contributed by atoms with Crippen molar-refractivity contribution in [2.75, 3.05) is 19.6 Å². The summed E-state index contributed by atoms with van der Waals surface area (Å²) in [6.07, 6.45) is 10.2. The average Bonchev–Trinajstić information content (AvgIpc) is 3.55. The molecule has 1 aromatic carbocycles. The number of carbonyl (C=O) groups is 2. The quantitative estimate of drug-likeness (QED) is 0.789. The number of azo groups is 1. The number of hydrogen-bond donors (Lipinski definition) is 1. The van der Waals surface area contributed by atoms with Crippen LogP contribution < -0.4 is 5.32 Å². The summed E-state index contributed by atoms with van der Waals surface area (Å²) in [5.41, 5.74) is 2.33. The number of fused-ring (bicyclic) bond motifs is 1. The zero-order valence-electron chi connectivity index (χ0n) is 16.6. The second-order valence-corrected chi connectivity index (χ2v) is 8.41. The Kier molecular flexibility index (Phi) is 4.90.